The molecular weight excluding hydrogens is 346 g/mol. The Morgan fingerprint density at radius 2 is 1.93 bits per heavy atom. The molecular formula is C20H25N3O4. The summed E-state index contributed by atoms with van der Waals surface area (Å²) in [6, 6.07) is 4.98. The molecule has 1 saturated heterocycles. The highest BCUT2D eigenvalue weighted by atomic mass is 16.4. The number of nitrogens with one attached hydrogen (secondary N) is 1. The van der Waals surface area contributed by atoms with E-state index in [-0.39, 0.29) is 23.5 Å². The Balaban J connectivity index is 1.80. The summed E-state index contributed by atoms with van der Waals surface area (Å²) in [6.45, 7) is 4.80. The number of nitrogens with zero attached hydrogens (tertiary/aromatic N) is 2. The number of benzene rings is 1. The zero-order chi connectivity index (χ0) is 19.7. The van der Waals surface area contributed by atoms with Gasteiger partial charge in [0.05, 0.1) is 5.92 Å². The highest BCUT2D eigenvalue weighted by Gasteiger charge is 2.29. The van der Waals surface area contributed by atoms with E-state index in [1.807, 2.05) is 19.9 Å². The first kappa shape index (κ1) is 18.9. The van der Waals surface area contributed by atoms with Crippen LogP contribution in [0.3, 0.4) is 0 Å². The minimum atomic E-state index is -0.385. The minimum absolute atomic E-state index is 0.0694. The molecule has 7 heteroatoms. The van der Waals surface area contributed by atoms with Crippen molar-refractivity contribution < 1.29 is 14.0 Å². The van der Waals surface area contributed by atoms with Crippen LogP contribution in [-0.2, 0) is 4.79 Å². The second-order valence-electron chi connectivity index (χ2n) is 7.36. The maximum atomic E-state index is 12.8. The minimum Gasteiger partial charge on any atom is -0.423 e. The Morgan fingerprint density at radius 1 is 1.19 bits per heavy atom. The summed E-state index contributed by atoms with van der Waals surface area (Å²) < 4.78 is 5.25. The van der Waals surface area contributed by atoms with Crippen molar-refractivity contribution in [2.24, 2.45) is 5.92 Å². The Kier molecular flexibility index (Phi) is 5.21. The molecule has 0 saturated carbocycles. The van der Waals surface area contributed by atoms with E-state index in [0.29, 0.717) is 24.4 Å². The number of amides is 3. The fourth-order valence-electron chi connectivity index (χ4n) is 3.48. The lowest BCUT2D eigenvalue weighted by Crippen LogP contribution is -2.47. The zero-order valence-electron chi connectivity index (χ0n) is 16.2. The lowest BCUT2D eigenvalue weighted by molar-refractivity contribution is -0.121. The van der Waals surface area contributed by atoms with Gasteiger partial charge < -0.3 is 19.5 Å². The second kappa shape index (κ2) is 7.42. The number of hydrogen-bond donors (Lipinski definition) is 1. The Morgan fingerprint density at radius 3 is 2.63 bits per heavy atom. The topological polar surface area (TPSA) is 82.9 Å². The molecule has 1 N–H and O–H groups in total. The predicted octanol–water partition coefficient (Wildman–Crippen LogP) is 2.74. The van der Waals surface area contributed by atoms with Gasteiger partial charge >= 0.3 is 11.7 Å². The van der Waals surface area contributed by atoms with Crippen molar-refractivity contribution in [1.82, 2.24) is 9.80 Å². The lowest BCUT2D eigenvalue weighted by atomic mass is 9.97. The summed E-state index contributed by atoms with van der Waals surface area (Å²) in [6.07, 6.45) is 1.56. The molecule has 3 rings (SSSR count). The summed E-state index contributed by atoms with van der Waals surface area (Å²) in [4.78, 5) is 39.8. The van der Waals surface area contributed by atoms with Gasteiger partial charge in [0.1, 0.15) is 5.58 Å². The van der Waals surface area contributed by atoms with Crippen LogP contribution < -0.4 is 10.9 Å². The molecule has 1 aromatic heterocycles. The number of aryl methyl sites for hydroxylation is 2. The lowest BCUT2D eigenvalue weighted by Gasteiger charge is -2.33. The van der Waals surface area contributed by atoms with Crippen molar-refractivity contribution in [2.75, 3.05) is 32.5 Å². The van der Waals surface area contributed by atoms with Crippen molar-refractivity contribution in [2.45, 2.75) is 26.7 Å². The molecule has 1 aromatic carbocycles. The number of piperidine rings is 1. The molecule has 1 aliphatic rings. The van der Waals surface area contributed by atoms with Gasteiger partial charge in [-0.3, -0.25) is 4.79 Å². The summed E-state index contributed by atoms with van der Waals surface area (Å²) in [5, 5.41) is 3.79. The third-order valence-electron chi connectivity index (χ3n) is 5.00. The number of likely N-dealkylation sites (tertiary alicyclic amines) is 1. The van der Waals surface area contributed by atoms with E-state index in [0.717, 1.165) is 29.4 Å². The summed E-state index contributed by atoms with van der Waals surface area (Å²) >= 11 is 0. The van der Waals surface area contributed by atoms with E-state index in [2.05, 4.69) is 5.32 Å². The maximum Gasteiger partial charge on any atom is 0.336 e. The molecule has 3 amide bonds. The third-order valence-corrected chi connectivity index (χ3v) is 5.00. The molecule has 0 bridgehead atoms. The standard InChI is InChI=1S/C20H25N3O4/c1-12-9-18(24)27-17-8-13(2)16(10-15(12)17)21-19(25)14-6-5-7-23(11-14)20(26)22(3)4/h8-10,14H,5-7,11H2,1-4H3,(H,21,25). The SMILES string of the molecule is Cc1cc2oc(=O)cc(C)c2cc1NC(=O)C1CCCN(C(=O)N(C)C)C1. The average Bonchev–Trinajstić information content (AvgIpc) is 2.62. The molecule has 7 nitrogen and oxygen atoms in total. The van der Waals surface area contributed by atoms with Gasteiger partial charge in [0.15, 0.2) is 0 Å². The van der Waals surface area contributed by atoms with Gasteiger partial charge in [-0.2, -0.15) is 0 Å². The van der Waals surface area contributed by atoms with Gasteiger partial charge in [-0.15, -0.1) is 0 Å². The molecule has 0 spiro atoms. The largest absolute Gasteiger partial charge is 0.423 e. The van der Waals surface area contributed by atoms with Gasteiger partial charge in [0.2, 0.25) is 5.91 Å². The fraction of sp³-hybridized carbons (Fsp3) is 0.450. The van der Waals surface area contributed by atoms with E-state index in [9.17, 15) is 14.4 Å². The number of carbonyl (C=O) groups excluding carboxylic acids is 2. The number of rotatable bonds is 2. The van der Waals surface area contributed by atoms with Gasteiger partial charge in [0, 0.05) is 44.3 Å². The normalized spacial score (nSPS) is 17.0. The van der Waals surface area contributed by atoms with Crippen molar-refractivity contribution in [3.8, 4) is 0 Å². The quantitative estimate of drug-likeness (QED) is 0.823. The van der Waals surface area contributed by atoms with Gasteiger partial charge in [-0.05, 0) is 49.9 Å². The van der Waals surface area contributed by atoms with Gasteiger partial charge in [-0.25, -0.2) is 9.59 Å². The first-order chi connectivity index (χ1) is 12.8. The van der Waals surface area contributed by atoms with E-state index < -0.39 is 0 Å². The second-order valence-corrected chi connectivity index (χ2v) is 7.36. The highest BCUT2D eigenvalue weighted by molar-refractivity contribution is 5.96. The highest BCUT2D eigenvalue weighted by Crippen LogP contribution is 2.26. The fourth-order valence-corrected chi connectivity index (χ4v) is 3.48. The number of fused-ring (bicyclic) bond motifs is 1. The molecule has 1 fully saturated rings. The van der Waals surface area contributed by atoms with Gasteiger partial charge in [0.25, 0.3) is 0 Å². The van der Waals surface area contributed by atoms with E-state index in [1.165, 1.54) is 11.0 Å². The summed E-state index contributed by atoms with van der Waals surface area (Å²) in [7, 11) is 3.43. The molecule has 144 valence electrons. The third kappa shape index (κ3) is 3.97. The smallest absolute Gasteiger partial charge is 0.336 e. The van der Waals surface area contributed by atoms with Crippen LogP contribution in [-0.4, -0.2) is 48.9 Å². The maximum absolute atomic E-state index is 12.8. The Bertz CT molecular complexity index is 948. The molecule has 1 unspecified atom stereocenters. The summed E-state index contributed by atoms with van der Waals surface area (Å²) in [5.74, 6) is -0.337. The number of hydrogen-bond acceptors (Lipinski definition) is 4. The Hall–Kier alpha value is -2.83. The molecule has 0 radical (unpaired) electrons. The monoisotopic (exact) mass is 371 g/mol. The van der Waals surface area contributed by atoms with E-state index >= 15 is 0 Å². The number of urea groups is 1. The van der Waals surface area contributed by atoms with Gasteiger partial charge in [-0.1, -0.05) is 0 Å². The van der Waals surface area contributed by atoms with Crippen LogP contribution in [0.4, 0.5) is 10.5 Å². The Labute approximate surface area is 157 Å². The number of anilines is 1. The molecule has 2 heterocycles. The zero-order valence-corrected chi connectivity index (χ0v) is 16.2. The average molecular weight is 371 g/mol. The van der Waals surface area contributed by atoms with E-state index in [1.54, 1.807) is 25.1 Å². The number of carbonyl (C=O) groups is 2. The molecule has 0 aliphatic carbocycles. The first-order valence-electron chi connectivity index (χ1n) is 9.08. The summed E-state index contributed by atoms with van der Waals surface area (Å²) in [5.41, 5.74) is 2.44. The van der Waals surface area contributed by atoms with Crippen LogP contribution in [0.25, 0.3) is 11.0 Å². The van der Waals surface area contributed by atoms with Crippen LogP contribution in [0, 0.1) is 19.8 Å². The van der Waals surface area contributed by atoms with Crippen LogP contribution in [0.5, 0.6) is 0 Å². The van der Waals surface area contributed by atoms with Crippen molar-refractivity contribution >= 4 is 28.6 Å². The molecule has 1 atom stereocenters. The molecule has 27 heavy (non-hydrogen) atoms. The van der Waals surface area contributed by atoms with Crippen LogP contribution in [0.15, 0.2) is 27.4 Å². The van der Waals surface area contributed by atoms with E-state index in [4.69, 9.17) is 4.42 Å². The van der Waals surface area contributed by atoms with Crippen molar-refractivity contribution in [1.29, 1.82) is 0 Å². The van der Waals surface area contributed by atoms with Crippen LogP contribution >= 0.6 is 0 Å². The van der Waals surface area contributed by atoms with Crippen LogP contribution in [0.2, 0.25) is 0 Å². The molecule has 1 aliphatic heterocycles. The predicted molar refractivity (Wildman–Crippen MR) is 104 cm³/mol. The first-order valence-corrected chi connectivity index (χ1v) is 9.08. The van der Waals surface area contributed by atoms with Crippen molar-refractivity contribution in [3.05, 3.63) is 39.7 Å². The van der Waals surface area contributed by atoms with Crippen molar-refractivity contribution in [3.63, 3.8) is 0 Å². The molecule has 2 aromatic rings. The van der Waals surface area contributed by atoms with Crippen LogP contribution in [0.1, 0.15) is 24.0 Å².